The number of hydrogen-bond acceptors (Lipinski definition) is 4. The van der Waals surface area contributed by atoms with E-state index in [-0.39, 0.29) is 22.5 Å². The van der Waals surface area contributed by atoms with E-state index >= 15 is 0 Å². The fraction of sp³-hybridized carbons (Fsp3) is 0.562. The quantitative estimate of drug-likeness (QED) is 0.740. The van der Waals surface area contributed by atoms with Crippen LogP contribution in [0.25, 0.3) is 0 Å². The predicted octanol–water partition coefficient (Wildman–Crippen LogP) is 2.82. The number of anilines is 1. The molecule has 0 saturated heterocycles. The van der Waals surface area contributed by atoms with Crippen LogP contribution >= 0.6 is 0 Å². The average molecular weight is 340 g/mol. The monoisotopic (exact) mass is 340 g/mol. The molecule has 0 heterocycles. The Morgan fingerprint density at radius 2 is 1.87 bits per heavy atom. The normalized spacial score (nSPS) is 16.5. The summed E-state index contributed by atoms with van der Waals surface area (Å²) in [6.45, 7) is 3.80. The molecule has 0 radical (unpaired) electrons. The van der Waals surface area contributed by atoms with Crippen molar-refractivity contribution in [1.82, 2.24) is 4.72 Å². The van der Waals surface area contributed by atoms with Gasteiger partial charge in [0.05, 0.1) is 11.3 Å². The molecule has 1 saturated carbocycles. The number of carbonyl (C=O) groups is 1. The zero-order valence-corrected chi connectivity index (χ0v) is 14.3. The Balaban J connectivity index is 2.36. The SMILES string of the molecule is CC(C)Nc1ccc(C(=O)O)cc1S(=O)(=O)NC1CCCCC1. The molecule has 1 aliphatic carbocycles. The Hall–Kier alpha value is -1.60. The molecule has 0 spiro atoms. The van der Waals surface area contributed by atoms with Crippen LogP contribution in [-0.2, 0) is 10.0 Å². The third kappa shape index (κ3) is 4.68. The third-order valence-electron chi connectivity index (χ3n) is 3.89. The fourth-order valence-electron chi connectivity index (χ4n) is 2.81. The molecule has 3 N–H and O–H groups in total. The highest BCUT2D eigenvalue weighted by molar-refractivity contribution is 7.89. The van der Waals surface area contributed by atoms with Crippen molar-refractivity contribution in [2.75, 3.05) is 5.32 Å². The van der Waals surface area contributed by atoms with E-state index < -0.39 is 16.0 Å². The molecule has 0 unspecified atom stereocenters. The van der Waals surface area contributed by atoms with Crippen molar-refractivity contribution in [2.24, 2.45) is 0 Å². The van der Waals surface area contributed by atoms with Crippen LogP contribution in [0.5, 0.6) is 0 Å². The summed E-state index contributed by atoms with van der Waals surface area (Å²) in [5, 5.41) is 12.2. The van der Waals surface area contributed by atoms with Crippen molar-refractivity contribution < 1.29 is 18.3 Å². The lowest BCUT2D eigenvalue weighted by atomic mass is 9.96. The van der Waals surface area contributed by atoms with E-state index in [0.717, 1.165) is 32.1 Å². The summed E-state index contributed by atoms with van der Waals surface area (Å²) in [7, 11) is -3.77. The molecule has 7 heteroatoms. The highest BCUT2D eigenvalue weighted by atomic mass is 32.2. The van der Waals surface area contributed by atoms with Crippen molar-refractivity contribution in [3.63, 3.8) is 0 Å². The van der Waals surface area contributed by atoms with Crippen LogP contribution in [0.2, 0.25) is 0 Å². The molecule has 2 rings (SSSR count). The largest absolute Gasteiger partial charge is 0.478 e. The van der Waals surface area contributed by atoms with Crippen LogP contribution in [-0.4, -0.2) is 31.6 Å². The van der Waals surface area contributed by atoms with Crippen LogP contribution in [0.15, 0.2) is 23.1 Å². The first kappa shape index (κ1) is 17.7. The molecule has 0 aliphatic heterocycles. The number of carboxylic acid groups (broad SMARTS) is 1. The molecule has 0 aromatic heterocycles. The Bertz CT molecular complexity index is 665. The van der Waals surface area contributed by atoms with E-state index in [1.54, 1.807) is 0 Å². The summed E-state index contributed by atoms with van der Waals surface area (Å²) >= 11 is 0. The van der Waals surface area contributed by atoms with Gasteiger partial charge in [0.25, 0.3) is 0 Å². The molecule has 1 aliphatic rings. The van der Waals surface area contributed by atoms with Crippen molar-refractivity contribution in [2.45, 2.75) is 62.9 Å². The van der Waals surface area contributed by atoms with Crippen molar-refractivity contribution >= 4 is 21.7 Å². The van der Waals surface area contributed by atoms with Crippen LogP contribution in [0, 0.1) is 0 Å². The smallest absolute Gasteiger partial charge is 0.335 e. The van der Waals surface area contributed by atoms with Gasteiger partial charge in [-0.05, 0) is 44.9 Å². The second-order valence-corrected chi connectivity index (χ2v) is 7.95. The van der Waals surface area contributed by atoms with E-state index in [1.807, 2.05) is 13.8 Å². The predicted molar refractivity (Wildman–Crippen MR) is 89.4 cm³/mol. The lowest BCUT2D eigenvalue weighted by Crippen LogP contribution is -2.36. The highest BCUT2D eigenvalue weighted by Gasteiger charge is 2.25. The summed E-state index contributed by atoms with van der Waals surface area (Å²) in [5.74, 6) is -1.14. The maximum absolute atomic E-state index is 12.7. The first-order valence-corrected chi connectivity index (χ1v) is 9.44. The number of sulfonamides is 1. The van der Waals surface area contributed by atoms with Crippen molar-refractivity contribution in [3.8, 4) is 0 Å². The van der Waals surface area contributed by atoms with Gasteiger partial charge in [-0.1, -0.05) is 19.3 Å². The number of nitrogens with one attached hydrogen (secondary N) is 2. The number of benzene rings is 1. The molecule has 23 heavy (non-hydrogen) atoms. The molecule has 0 amide bonds. The highest BCUT2D eigenvalue weighted by Crippen LogP contribution is 2.26. The van der Waals surface area contributed by atoms with Gasteiger partial charge in [0.15, 0.2) is 0 Å². The van der Waals surface area contributed by atoms with Crippen LogP contribution in [0.1, 0.15) is 56.3 Å². The Labute approximate surface area is 137 Å². The maximum atomic E-state index is 12.7. The molecule has 6 nitrogen and oxygen atoms in total. The zero-order chi connectivity index (χ0) is 17.0. The van der Waals surface area contributed by atoms with E-state index in [9.17, 15) is 13.2 Å². The van der Waals surface area contributed by atoms with Gasteiger partial charge in [-0.3, -0.25) is 0 Å². The topological polar surface area (TPSA) is 95.5 Å². The number of hydrogen-bond donors (Lipinski definition) is 3. The molecule has 1 fully saturated rings. The zero-order valence-electron chi connectivity index (χ0n) is 13.5. The van der Waals surface area contributed by atoms with Gasteiger partial charge in [0, 0.05) is 12.1 Å². The first-order valence-electron chi connectivity index (χ1n) is 7.96. The molecule has 0 bridgehead atoms. The molecule has 128 valence electrons. The molecular weight excluding hydrogens is 316 g/mol. The molecule has 1 aromatic rings. The first-order chi connectivity index (χ1) is 10.8. The Kier molecular flexibility index (Phi) is 5.64. The van der Waals surface area contributed by atoms with Crippen LogP contribution in [0.4, 0.5) is 5.69 Å². The van der Waals surface area contributed by atoms with Gasteiger partial charge < -0.3 is 10.4 Å². The lowest BCUT2D eigenvalue weighted by Gasteiger charge is -2.24. The molecular formula is C16H24N2O4S. The Morgan fingerprint density at radius 1 is 1.22 bits per heavy atom. The van der Waals surface area contributed by atoms with E-state index in [1.165, 1.54) is 18.2 Å². The summed E-state index contributed by atoms with van der Waals surface area (Å²) in [5.41, 5.74) is 0.386. The summed E-state index contributed by atoms with van der Waals surface area (Å²) in [6.07, 6.45) is 4.81. The van der Waals surface area contributed by atoms with E-state index in [4.69, 9.17) is 5.11 Å². The Morgan fingerprint density at radius 3 is 2.43 bits per heavy atom. The van der Waals surface area contributed by atoms with Gasteiger partial charge in [0.1, 0.15) is 4.90 Å². The number of rotatable bonds is 6. The van der Waals surface area contributed by atoms with Gasteiger partial charge in [-0.2, -0.15) is 0 Å². The van der Waals surface area contributed by atoms with Crippen molar-refractivity contribution in [1.29, 1.82) is 0 Å². The van der Waals surface area contributed by atoms with Gasteiger partial charge in [-0.15, -0.1) is 0 Å². The van der Waals surface area contributed by atoms with Crippen LogP contribution < -0.4 is 10.0 Å². The van der Waals surface area contributed by atoms with E-state index in [2.05, 4.69) is 10.0 Å². The number of aromatic carboxylic acids is 1. The van der Waals surface area contributed by atoms with Gasteiger partial charge in [-0.25, -0.2) is 17.9 Å². The van der Waals surface area contributed by atoms with Crippen molar-refractivity contribution in [3.05, 3.63) is 23.8 Å². The minimum atomic E-state index is -3.77. The lowest BCUT2D eigenvalue weighted by molar-refractivity contribution is 0.0696. The second kappa shape index (κ2) is 7.31. The minimum Gasteiger partial charge on any atom is -0.478 e. The van der Waals surface area contributed by atoms with Gasteiger partial charge in [0.2, 0.25) is 10.0 Å². The maximum Gasteiger partial charge on any atom is 0.335 e. The number of carboxylic acids is 1. The summed E-state index contributed by atoms with van der Waals surface area (Å²) < 4.78 is 28.2. The third-order valence-corrected chi connectivity index (χ3v) is 5.45. The fourth-order valence-corrected chi connectivity index (χ4v) is 4.31. The molecule has 1 aromatic carbocycles. The van der Waals surface area contributed by atoms with Gasteiger partial charge >= 0.3 is 5.97 Å². The summed E-state index contributed by atoms with van der Waals surface area (Å²) in [4.78, 5) is 11.2. The second-order valence-electron chi connectivity index (χ2n) is 6.27. The molecule has 0 atom stereocenters. The summed E-state index contributed by atoms with van der Waals surface area (Å²) in [6, 6.07) is 4.10. The van der Waals surface area contributed by atoms with Crippen LogP contribution in [0.3, 0.4) is 0 Å². The average Bonchev–Trinajstić information content (AvgIpc) is 2.47. The van der Waals surface area contributed by atoms with E-state index in [0.29, 0.717) is 5.69 Å². The standard InChI is InChI=1S/C16H24N2O4S/c1-11(2)17-14-9-8-12(16(19)20)10-15(14)23(21,22)18-13-6-4-3-5-7-13/h8-11,13,17-18H,3-7H2,1-2H3,(H,19,20). The minimum absolute atomic E-state index is 0.00308.